The Labute approximate surface area is 197 Å². The van der Waals surface area contributed by atoms with Gasteiger partial charge in [0.2, 0.25) is 0 Å². The fraction of sp³-hybridized carbons (Fsp3) is 0.536. The highest BCUT2D eigenvalue weighted by Crippen LogP contribution is 2.31. The van der Waals surface area contributed by atoms with Gasteiger partial charge in [0.05, 0.1) is 11.4 Å². The number of rotatable bonds is 16. The van der Waals surface area contributed by atoms with Gasteiger partial charge in [-0.3, -0.25) is 4.99 Å². The molecule has 0 aliphatic rings. The average Bonchev–Trinajstić information content (AvgIpc) is 2.77. The van der Waals surface area contributed by atoms with Gasteiger partial charge in [0.1, 0.15) is 0 Å². The third-order valence-electron chi connectivity index (χ3n) is 5.39. The van der Waals surface area contributed by atoms with Gasteiger partial charge in [0.15, 0.2) is 0 Å². The Morgan fingerprint density at radius 1 is 1.00 bits per heavy atom. The molecule has 0 spiro atoms. The van der Waals surface area contributed by atoms with Crippen molar-refractivity contribution >= 4 is 22.8 Å². The largest absolute Gasteiger partial charge is 0.385 e. The highest BCUT2D eigenvalue weighted by atomic mass is 15.1. The van der Waals surface area contributed by atoms with Crippen LogP contribution in [0.5, 0.6) is 0 Å². The summed E-state index contributed by atoms with van der Waals surface area (Å²) in [4.78, 5) is 7.05. The molecule has 0 amide bonds. The Balaban J connectivity index is 3.22. The van der Waals surface area contributed by atoms with E-state index < -0.39 is 0 Å². The summed E-state index contributed by atoms with van der Waals surface area (Å²) in [5.74, 6) is 0. The number of anilines is 2. The highest BCUT2D eigenvalue weighted by molar-refractivity contribution is 5.82. The zero-order chi connectivity index (χ0) is 23.9. The van der Waals surface area contributed by atoms with Crippen molar-refractivity contribution in [2.75, 3.05) is 29.9 Å². The summed E-state index contributed by atoms with van der Waals surface area (Å²) in [6, 6.07) is 6.58. The molecule has 4 heteroatoms. The first kappa shape index (κ1) is 27.5. The van der Waals surface area contributed by atoms with Gasteiger partial charge in [-0.25, -0.2) is 0 Å². The van der Waals surface area contributed by atoms with E-state index >= 15 is 0 Å². The third kappa shape index (κ3) is 9.33. The number of hydrogen-bond donors (Lipinski definition) is 2. The summed E-state index contributed by atoms with van der Waals surface area (Å²) < 4.78 is 0. The summed E-state index contributed by atoms with van der Waals surface area (Å²) >= 11 is 0. The second-order valence-electron chi connectivity index (χ2n) is 8.51. The summed E-state index contributed by atoms with van der Waals surface area (Å²) in [7, 11) is 0. The molecule has 0 saturated heterocycles. The second-order valence-corrected chi connectivity index (χ2v) is 8.51. The second kappa shape index (κ2) is 15.3. The van der Waals surface area contributed by atoms with Crippen LogP contribution in [0, 0.1) is 0 Å². The van der Waals surface area contributed by atoms with E-state index in [9.17, 15) is 0 Å². The van der Waals surface area contributed by atoms with Crippen LogP contribution in [0.15, 0.2) is 53.8 Å². The van der Waals surface area contributed by atoms with Gasteiger partial charge in [0, 0.05) is 42.9 Å². The first-order chi connectivity index (χ1) is 15.4. The topological polar surface area (TPSA) is 39.7 Å². The molecule has 0 unspecified atom stereocenters. The van der Waals surface area contributed by atoms with E-state index in [1.165, 1.54) is 12.1 Å². The molecule has 0 bridgehead atoms. The standard InChI is InChI=1S/C28H46N4/c1-9-13-17-29-25(8)26-15-16-28(32(18-11-3)19-12-4)27(20-26)31-24(7)22(5)21-30-23(6)14-10-2/h15-16,20-21,29,31H,7-14,17-19H2,1-6H3/b22-21+,30-23?. The summed E-state index contributed by atoms with van der Waals surface area (Å²) in [5, 5.41) is 7.04. The SMILES string of the molecule is C=C(Nc1cc(C(=C)NCCCC)ccc1N(CCC)CCC)/C(C)=C/N=C(C)CCC. The van der Waals surface area contributed by atoms with Crippen LogP contribution in [0.3, 0.4) is 0 Å². The van der Waals surface area contributed by atoms with Gasteiger partial charge in [-0.1, -0.05) is 59.8 Å². The Hall–Kier alpha value is -2.49. The fourth-order valence-electron chi connectivity index (χ4n) is 3.48. The van der Waals surface area contributed by atoms with Crippen LogP contribution in [0.1, 0.15) is 85.6 Å². The fourth-order valence-corrected chi connectivity index (χ4v) is 3.48. The lowest BCUT2D eigenvalue weighted by atomic mass is 10.1. The molecule has 1 aromatic carbocycles. The molecule has 0 heterocycles. The first-order valence-corrected chi connectivity index (χ1v) is 12.4. The van der Waals surface area contributed by atoms with Crippen molar-refractivity contribution in [3.8, 4) is 0 Å². The molecule has 0 atom stereocenters. The van der Waals surface area contributed by atoms with Crippen molar-refractivity contribution in [3.05, 3.63) is 54.4 Å². The number of nitrogens with one attached hydrogen (secondary N) is 2. The number of benzene rings is 1. The zero-order valence-corrected chi connectivity index (χ0v) is 21.5. The normalized spacial score (nSPS) is 11.9. The Kier molecular flexibility index (Phi) is 13.2. The van der Waals surface area contributed by atoms with Gasteiger partial charge < -0.3 is 15.5 Å². The minimum absolute atomic E-state index is 0.869. The highest BCUT2D eigenvalue weighted by Gasteiger charge is 2.13. The molecule has 0 saturated carbocycles. The van der Waals surface area contributed by atoms with Gasteiger partial charge in [0.25, 0.3) is 0 Å². The molecule has 0 aliphatic heterocycles. The number of unbranched alkanes of at least 4 members (excludes halogenated alkanes) is 1. The van der Waals surface area contributed by atoms with Crippen LogP contribution in [0.4, 0.5) is 11.4 Å². The molecular formula is C28H46N4. The first-order valence-electron chi connectivity index (χ1n) is 12.4. The quantitative estimate of drug-likeness (QED) is 0.157. The van der Waals surface area contributed by atoms with Gasteiger partial charge in [-0.05, 0) is 62.8 Å². The van der Waals surface area contributed by atoms with E-state index in [1.807, 2.05) is 6.20 Å². The Morgan fingerprint density at radius 2 is 1.69 bits per heavy atom. The smallest absolute Gasteiger partial charge is 0.0628 e. The molecule has 1 aromatic rings. The van der Waals surface area contributed by atoms with Crippen LogP contribution in [0.25, 0.3) is 5.70 Å². The maximum atomic E-state index is 4.60. The summed E-state index contributed by atoms with van der Waals surface area (Å²) in [5.41, 5.74) is 7.39. The zero-order valence-electron chi connectivity index (χ0n) is 21.5. The average molecular weight is 439 g/mol. The minimum atomic E-state index is 0.869. The van der Waals surface area contributed by atoms with Crippen molar-refractivity contribution in [1.82, 2.24) is 5.32 Å². The Morgan fingerprint density at radius 3 is 2.28 bits per heavy atom. The van der Waals surface area contributed by atoms with Crippen molar-refractivity contribution in [2.45, 2.75) is 80.1 Å². The molecule has 0 fully saturated rings. The van der Waals surface area contributed by atoms with E-state index in [0.29, 0.717) is 0 Å². The van der Waals surface area contributed by atoms with Gasteiger partial charge in [-0.2, -0.15) is 0 Å². The maximum Gasteiger partial charge on any atom is 0.0628 e. The lowest BCUT2D eigenvalue weighted by Gasteiger charge is -2.28. The van der Waals surface area contributed by atoms with Crippen LogP contribution >= 0.6 is 0 Å². The summed E-state index contributed by atoms with van der Waals surface area (Å²) in [6.07, 6.45) is 8.58. The van der Waals surface area contributed by atoms with Crippen LogP contribution in [0.2, 0.25) is 0 Å². The minimum Gasteiger partial charge on any atom is -0.385 e. The van der Waals surface area contributed by atoms with Crippen molar-refractivity contribution in [2.24, 2.45) is 4.99 Å². The monoisotopic (exact) mass is 438 g/mol. The van der Waals surface area contributed by atoms with Crippen molar-refractivity contribution in [1.29, 1.82) is 0 Å². The molecule has 0 radical (unpaired) electrons. The molecule has 1 rings (SSSR count). The van der Waals surface area contributed by atoms with Gasteiger partial charge in [-0.15, -0.1) is 0 Å². The van der Waals surface area contributed by atoms with Crippen LogP contribution in [-0.2, 0) is 0 Å². The van der Waals surface area contributed by atoms with Crippen molar-refractivity contribution in [3.63, 3.8) is 0 Å². The lowest BCUT2D eigenvalue weighted by Crippen LogP contribution is -2.26. The number of hydrogen-bond acceptors (Lipinski definition) is 4. The molecule has 0 aliphatic carbocycles. The maximum absolute atomic E-state index is 4.60. The predicted octanol–water partition coefficient (Wildman–Crippen LogP) is 7.76. The molecule has 0 aromatic heterocycles. The van der Waals surface area contributed by atoms with E-state index in [1.54, 1.807) is 0 Å². The van der Waals surface area contributed by atoms with E-state index in [4.69, 9.17) is 0 Å². The van der Waals surface area contributed by atoms with E-state index in [-0.39, 0.29) is 0 Å². The molecular weight excluding hydrogens is 392 g/mol. The Bertz CT molecular complexity index is 783. The van der Waals surface area contributed by atoms with Crippen LogP contribution in [-0.4, -0.2) is 25.3 Å². The molecule has 4 nitrogen and oxygen atoms in total. The molecule has 178 valence electrons. The lowest BCUT2D eigenvalue weighted by molar-refractivity contribution is 0.743. The molecule has 2 N–H and O–H groups in total. The van der Waals surface area contributed by atoms with Crippen LogP contribution < -0.4 is 15.5 Å². The van der Waals surface area contributed by atoms with E-state index in [2.05, 4.69) is 93.4 Å². The number of aliphatic imine (C=N–C) groups is 1. The molecule has 32 heavy (non-hydrogen) atoms. The van der Waals surface area contributed by atoms with E-state index in [0.717, 1.165) is 85.7 Å². The van der Waals surface area contributed by atoms with Gasteiger partial charge >= 0.3 is 0 Å². The predicted molar refractivity (Wildman–Crippen MR) is 146 cm³/mol. The number of nitrogens with zero attached hydrogens (tertiary/aromatic N) is 2. The third-order valence-corrected chi connectivity index (χ3v) is 5.39. The summed E-state index contributed by atoms with van der Waals surface area (Å²) in [6.45, 7) is 24.5. The number of allylic oxidation sites excluding steroid dienone is 1. The van der Waals surface area contributed by atoms with Crippen molar-refractivity contribution < 1.29 is 0 Å².